The highest BCUT2D eigenvalue weighted by Crippen LogP contribution is 2.38. The van der Waals surface area contributed by atoms with Gasteiger partial charge in [0.1, 0.15) is 5.94 Å². The van der Waals surface area contributed by atoms with Crippen molar-refractivity contribution in [2.45, 2.75) is 24.8 Å². The van der Waals surface area contributed by atoms with Gasteiger partial charge in [0.15, 0.2) is 0 Å². The zero-order valence-corrected chi connectivity index (χ0v) is 14.9. The summed E-state index contributed by atoms with van der Waals surface area (Å²) in [5.41, 5.74) is 3.29. The third kappa shape index (κ3) is 3.37. The molecule has 0 N–H and O–H groups in total. The third-order valence-corrected chi connectivity index (χ3v) is 5.71. The van der Waals surface area contributed by atoms with Gasteiger partial charge in [0.05, 0.1) is 23.1 Å². The van der Waals surface area contributed by atoms with Crippen LogP contribution < -0.4 is 4.90 Å². The number of anilines is 1. The van der Waals surface area contributed by atoms with E-state index in [1.807, 2.05) is 49.0 Å². The van der Waals surface area contributed by atoms with Crippen LogP contribution in [-0.4, -0.2) is 33.6 Å². The second-order valence-corrected chi connectivity index (χ2v) is 7.61. The standard InChI is InChI=1S/C19H19NO4S/c1-14-7-9-16(10-8-14)25(22,23)24-12-11-20-15(2)18(13-21)17-5-3-4-6-19(17)20/h3-10,15H,11-12H2,1-2H3/t15-/m1/s1. The second kappa shape index (κ2) is 6.84. The lowest BCUT2D eigenvalue weighted by atomic mass is 10.1. The summed E-state index contributed by atoms with van der Waals surface area (Å²) in [6.07, 6.45) is 0. The Hall–Kier alpha value is -2.40. The quantitative estimate of drug-likeness (QED) is 0.608. The number of hydrogen-bond donors (Lipinski definition) is 0. The van der Waals surface area contributed by atoms with Crippen LogP contribution in [-0.2, 0) is 19.1 Å². The molecule has 1 aliphatic heterocycles. The van der Waals surface area contributed by atoms with Gasteiger partial charge in [-0.1, -0.05) is 35.9 Å². The first-order valence-corrected chi connectivity index (χ1v) is 9.42. The first-order valence-electron chi connectivity index (χ1n) is 8.01. The maximum Gasteiger partial charge on any atom is 0.297 e. The van der Waals surface area contributed by atoms with Gasteiger partial charge in [-0.3, -0.25) is 4.18 Å². The van der Waals surface area contributed by atoms with E-state index in [2.05, 4.69) is 0 Å². The Morgan fingerprint density at radius 3 is 2.48 bits per heavy atom. The topological polar surface area (TPSA) is 63.7 Å². The van der Waals surface area contributed by atoms with Crippen molar-refractivity contribution in [3.8, 4) is 0 Å². The van der Waals surface area contributed by atoms with Gasteiger partial charge in [0, 0.05) is 17.8 Å². The summed E-state index contributed by atoms with van der Waals surface area (Å²) < 4.78 is 29.7. The fourth-order valence-electron chi connectivity index (χ4n) is 3.01. The van der Waals surface area contributed by atoms with Gasteiger partial charge in [-0.05, 0) is 32.0 Å². The Balaban J connectivity index is 1.72. The predicted molar refractivity (Wildman–Crippen MR) is 96.7 cm³/mol. The molecule has 25 heavy (non-hydrogen) atoms. The van der Waals surface area contributed by atoms with Crippen molar-refractivity contribution in [1.82, 2.24) is 0 Å². The van der Waals surface area contributed by atoms with E-state index in [4.69, 9.17) is 4.18 Å². The Kier molecular flexibility index (Phi) is 4.77. The monoisotopic (exact) mass is 357 g/mol. The van der Waals surface area contributed by atoms with Crippen molar-refractivity contribution in [2.24, 2.45) is 0 Å². The van der Waals surface area contributed by atoms with E-state index >= 15 is 0 Å². The van der Waals surface area contributed by atoms with Crippen molar-refractivity contribution in [3.05, 3.63) is 59.7 Å². The molecule has 0 aliphatic carbocycles. The van der Waals surface area contributed by atoms with Gasteiger partial charge in [-0.2, -0.15) is 8.42 Å². The Bertz CT molecular complexity index is 928. The van der Waals surface area contributed by atoms with Gasteiger partial charge >= 0.3 is 0 Å². The Morgan fingerprint density at radius 2 is 1.80 bits per heavy atom. The van der Waals surface area contributed by atoms with Crippen LogP contribution in [0.15, 0.2) is 53.4 Å². The van der Waals surface area contributed by atoms with Gasteiger partial charge < -0.3 is 4.90 Å². The lowest BCUT2D eigenvalue weighted by molar-refractivity contribution is 0.323. The maximum absolute atomic E-state index is 12.3. The molecule has 0 spiro atoms. The van der Waals surface area contributed by atoms with Crippen LogP contribution in [0.5, 0.6) is 0 Å². The summed E-state index contributed by atoms with van der Waals surface area (Å²) in [6.45, 7) is 4.14. The van der Waals surface area contributed by atoms with E-state index in [0.717, 1.165) is 16.8 Å². The summed E-state index contributed by atoms with van der Waals surface area (Å²) in [6, 6.07) is 13.9. The molecule has 0 saturated heterocycles. The van der Waals surface area contributed by atoms with E-state index in [-0.39, 0.29) is 17.5 Å². The van der Waals surface area contributed by atoms with Crippen LogP contribution >= 0.6 is 0 Å². The number of para-hydroxylation sites is 1. The SMILES string of the molecule is Cc1ccc(S(=O)(=O)OCCN2c3ccccc3C(=C=O)[C@H]2C)cc1. The lowest BCUT2D eigenvalue weighted by Gasteiger charge is -2.24. The molecule has 0 radical (unpaired) electrons. The molecule has 0 aromatic heterocycles. The summed E-state index contributed by atoms with van der Waals surface area (Å²) >= 11 is 0. The first kappa shape index (κ1) is 17.4. The predicted octanol–water partition coefficient (Wildman–Crippen LogP) is 2.82. The van der Waals surface area contributed by atoms with Crippen LogP contribution in [0.1, 0.15) is 18.1 Å². The summed E-state index contributed by atoms with van der Waals surface area (Å²) in [5.74, 6) is 2.00. The van der Waals surface area contributed by atoms with E-state index in [9.17, 15) is 13.2 Å². The molecule has 130 valence electrons. The minimum absolute atomic E-state index is 0.00101. The van der Waals surface area contributed by atoms with Crippen molar-refractivity contribution in [3.63, 3.8) is 0 Å². The number of nitrogens with zero attached hydrogens (tertiary/aromatic N) is 1. The smallest absolute Gasteiger partial charge is 0.297 e. The van der Waals surface area contributed by atoms with E-state index < -0.39 is 10.1 Å². The highest BCUT2D eigenvalue weighted by molar-refractivity contribution is 7.86. The largest absolute Gasteiger partial charge is 0.361 e. The fourth-order valence-corrected chi connectivity index (χ4v) is 3.91. The number of rotatable bonds is 5. The molecule has 1 aliphatic rings. The minimum atomic E-state index is -3.79. The number of carbonyl (C=O) groups excluding carboxylic acids is 1. The molecule has 6 heteroatoms. The molecule has 0 fully saturated rings. The van der Waals surface area contributed by atoms with Crippen LogP contribution in [0, 0.1) is 6.92 Å². The van der Waals surface area contributed by atoms with Crippen LogP contribution in [0.2, 0.25) is 0 Å². The molecule has 0 saturated carbocycles. The molecule has 3 rings (SSSR count). The number of hydrogen-bond acceptors (Lipinski definition) is 5. The second-order valence-electron chi connectivity index (χ2n) is 5.99. The molecule has 0 unspecified atom stereocenters. The maximum atomic E-state index is 12.3. The van der Waals surface area contributed by atoms with Gasteiger partial charge in [-0.15, -0.1) is 0 Å². The number of aryl methyl sites for hydroxylation is 1. The minimum Gasteiger partial charge on any atom is -0.361 e. The van der Waals surface area contributed by atoms with Gasteiger partial charge in [0.2, 0.25) is 0 Å². The number of benzene rings is 2. The van der Waals surface area contributed by atoms with Crippen LogP contribution in [0.25, 0.3) is 5.57 Å². The fraction of sp³-hybridized carbons (Fsp3) is 0.263. The van der Waals surface area contributed by atoms with Crippen molar-refractivity contribution < 1.29 is 17.4 Å². The molecule has 1 atom stereocenters. The summed E-state index contributed by atoms with van der Waals surface area (Å²) in [5, 5.41) is 0. The van der Waals surface area contributed by atoms with Crippen LogP contribution in [0.3, 0.4) is 0 Å². The summed E-state index contributed by atoms with van der Waals surface area (Å²) in [7, 11) is -3.79. The molecule has 2 aromatic rings. The Labute approximate surface area is 147 Å². The Morgan fingerprint density at radius 1 is 1.12 bits per heavy atom. The molecule has 0 amide bonds. The third-order valence-electron chi connectivity index (χ3n) is 4.38. The van der Waals surface area contributed by atoms with E-state index in [0.29, 0.717) is 12.1 Å². The van der Waals surface area contributed by atoms with Crippen LogP contribution in [0.4, 0.5) is 5.69 Å². The lowest BCUT2D eigenvalue weighted by Crippen LogP contribution is -2.32. The zero-order valence-electron chi connectivity index (χ0n) is 14.1. The van der Waals surface area contributed by atoms with Crippen molar-refractivity contribution in [1.29, 1.82) is 0 Å². The van der Waals surface area contributed by atoms with E-state index in [1.54, 1.807) is 12.1 Å². The van der Waals surface area contributed by atoms with Gasteiger partial charge in [0.25, 0.3) is 10.1 Å². The summed E-state index contributed by atoms with van der Waals surface area (Å²) in [4.78, 5) is 13.4. The van der Waals surface area contributed by atoms with Gasteiger partial charge in [-0.25, -0.2) is 4.79 Å². The number of fused-ring (bicyclic) bond motifs is 1. The average Bonchev–Trinajstić information content (AvgIpc) is 2.87. The highest BCUT2D eigenvalue weighted by Gasteiger charge is 2.31. The molecule has 1 heterocycles. The first-order chi connectivity index (χ1) is 11.9. The van der Waals surface area contributed by atoms with E-state index in [1.165, 1.54) is 12.1 Å². The average molecular weight is 357 g/mol. The molecule has 2 aromatic carbocycles. The molecular formula is C19H19NO4S. The molecule has 0 bridgehead atoms. The normalized spacial score (nSPS) is 16.6. The zero-order chi connectivity index (χ0) is 18.0. The highest BCUT2D eigenvalue weighted by atomic mass is 32.2. The molecule has 5 nitrogen and oxygen atoms in total. The van der Waals surface area contributed by atoms with Crippen molar-refractivity contribution in [2.75, 3.05) is 18.1 Å². The molecular weight excluding hydrogens is 338 g/mol. The van der Waals surface area contributed by atoms with Crippen molar-refractivity contribution >= 4 is 27.3 Å².